The lowest BCUT2D eigenvalue weighted by Crippen LogP contribution is -2.05. The maximum atomic E-state index is 6.28. The van der Waals surface area contributed by atoms with Gasteiger partial charge in [0.1, 0.15) is 6.11 Å². The lowest BCUT2D eigenvalue weighted by Gasteiger charge is -2.18. The van der Waals surface area contributed by atoms with Gasteiger partial charge in [0.15, 0.2) is 11.5 Å². The van der Waals surface area contributed by atoms with Gasteiger partial charge in [0.25, 0.3) is 0 Å². The topological polar surface area (TPSA) is 18.5 Å². The van der Waals surface area contributed by atoms with Crippen molar-refractivity contribution in [2.24, 2.45) is 0 Å². The Kier molecular flexibility index (Phi) is 27.9. The van der Waals surface area contributed by atoms with Gasteiger partial charge in [-0.15, -0.1) is 6.42 Å². The minimum atomic E-state index is 0.479. The molecule has 0 unspecified atom stereocenters. The standard InChI is InChI=1S/C45H48O2S2/c1-4-6-8-10-12-14-16-18-20-22-24-26-28-30-32-34-36-46-44-41(3)42(39-48)38-43(40-49)45(44)47-37-35-33-31-29-27-25-23-21-19-17-15-13-11-9-7-5-2/h2,38,48-49H,4,6,8,10,12,14,16,18,20,22,24,26,28,30,32,34,36,39-40H2,1,3H3. The highest BCUT2D eigenvalue weighted by atomic mass is 32.1. The molecule has 0 heterocycles. The third kappa shape index (κ3) is 22.7. The van der Waals surface area contributed by atoms with Crippen LogP contribution in [0, 0.1) is 114 Å². The van der Waals surface area contributed by atoms with Crippen molar-refractivity contribution in [1.82, 2.24) is 0 Å². The predicted octanol–water partition coefficient (Wildman–Crippen LogP) is 9.49. The highest BCUT2D eigenvalue weighted by Gasteiger charge is 2.17. The normalized spacial score (nSPS) is 8.63. The van der Waals surface area contributed by atoms with Gasteiger partial charge in [0.2, 0.25) is 0 Å². The lowest BCUT2D eigenvalue weighted by molar-refractivity contribution is 0.290. The first-order valence-corrected chi connectivity index (χ1v) is 18.6. The molecule has 4 heteroatoms. The second-order valence-electron chi connectivity index (χ2n) is 11.2. The maximum absolute atomic E-state index is 6.28. The molecule has 0 aliphatic rings. The summed E-state index contributed by atoms with van der Waals surface area (Å²) >= 11 is 9.02. The van der Waals surface area contributed by atoms with E-state index < -0.39 is 0 Å². The van der Waals surface area contributed by atoms with Gasteiger partial charge in [-0.25, -0.2) is 0 Å². The van der Waals surface area contributed by atoms with E-state index in [2.05, 4.69) is 133 Å². The zero-order chi connectivity index (χ0) is 35.5. The summed E-state index contributed by atoms with van der Waals surface area (Å²) in [5.74, 6) is 42.7. The predicted molar refractivity (Wildman–Crippen MR) is 213 cm³/mol. The second-order valence-corrected chi connectivity index (χ2v) is 11.8. The summed E-state index contributed by atoms with van der Waals surface area (Å²) in [6.07, 6.45) is 29.0. The van der Waals surface area contributed by atoms with Crippen LogP contribution in [-0.4, -0.2) is 6.61 Å². The van der Waals surface area contributed by atoms with Crippen molar-refractivity contribution in [3.8, 4) is 119 Å². The average Bonchev–Trinajstić information content (AvgIpc) is 3.11. The van der Waals surface area contributed by atoms with Gasteiger partial charge in [-0.05, 0) is 77.9 Å². The van der Waals surface area contributed by atoms with Crippen molar-refractivity contribution in [2.45, 2.75) is 128 Å². The molecule has 0 fully saturated rings. The molecule has 0 amide bonds. The van der Waals surface area contributed by atoms with Crippen LogP contribution in [0.25, 0.3) is 0 Å². The van der Waals surface area contributed by atoms with Gasteiger partial charge in [-0.2, -0.15) is 25.3 Å². The van der Waals surface area contributed by atoms with E-state index in [1.807, 2.05) is 13.0 Å². The number of benzene rings is 1. The average molecular weight is 685 g/mol. The first kappa shape index (κ1) is 42.6. The maximum Gasteiger partial charge on any atom is 0.186 e. The van der Waals surface area contributed by atoms with Crippen molar-refractivity contribution < 1.29 is 9.47 Å². The Bertz CT molecular complexity index is 1700. The SMILES string of the molecule is C#CC#CC#CC#CC#CC#CC#CC#CC#COc1c(CS)cc(CS)c(C)c1OCCCCCCCCCCCCCCCCCC. The summed E-state index contributed by atoms with van der Waals surface area (Å²) < 4.78 is 12.1. The van der Waals surface area contributed by atoms with Crippen LogP contribution in [0.4, 0.5) is 0 Å². The summed E-state index contributed by atoms with van der Waals surface area (Å²) in [4.78, 5) is 0. The fourth-order valence-electron chi connectivity index (χ4n) is 4.78. The van der Waals surface area contributed by atoms with Crippen LogP contribution in [-0.2, 0) is 11.5 Å². The van der Waals surface area contributed by atoms with Crippen LogP contribution in [0.2, 0.25) is 0 Å². The molecule has 0 atom stereocenters. The number of unbranched alkanes of at least 4 members (excludes halogenated alkanes) is 15. The van der Waals surface area contributed by atoms with Crippen molar-refractivity contribution in [3.63, 3.8) is 0 Å². The second kappa shape index (κ2) is 32.1. The highest BCUT2D eigenvalue weighted by Crippen LogP contribution is 2.38. The van der Waals surface area contributed by atoms with E-state index in [0.717, 1.165) is 29.5 Å². The lowest BCUT2D eigenvalue weighted by atomic mass is 10.0. The third-order valence-corrected chi connectivity index (χ3v) is 8.09. The molecule has 2 nitrogen and oxygen atoms in total. The zero-order valence-electron chi connectivity index (χ0n) is 29.3. The Balaban J connectivity index is 2.51. The molecule has 0 saturated carbocycles. The van der Waals surface area contributed by atoms with Crippen LogP contribution in [0.3, 0.4) is 0 Å². The van der Waals surface area contributed by atoms with E-state index in [1.165, 1.54) is 89.9 Å². The Labute approximate surface area is 309 Å². The van der Waals surface area contributed by atoms with E-state index in [1.54, 1.807) is 0 Å². The van der Waals surface area contributed by atoms with Crippen LogP contribution in [0.1, 0.15) is 126 Å². The van der Waals surface area contributed by atoms with Gasteiger partial charge in [-0.1, -0.05) is 103 Å². The minimum absolute atomic E-state index is 0.479. The molecular weight excluding hydrogens is 637 g/mol. The van der Waals surface area contributed by atoms with Crippen LogP contribution < -0.4 is 9.47 Å². The van der Waals surface area contributed by atoms with E-state index in [-0.39, 0.29) is 0 Å². The molecule has 0 bridgehead atoms. The molecule has 1 aromatic rings. The van der Waals surface area contributed by atoms with E-state index in [0.29, 0.717) is 29.6 Å². The fraction of sp³-hybridized carbons (Fsp3) is 0.467. The number of thiol groups is 2. The van der Waals surface area contributed by atoms with Gasteiger partial charge >= 0.3 is 0 Å². The van der Waals surface area contributed by atoms with Gasteiger partial charge in [-0.3, -0.25) is 0 Å². The molecule has 0 N–H and O–H groups in total. The smallest absolute Gasteiger partial charge is 0.186 e. The summed E-state index contributed by atoms with van der Waals surface area (Å²) in [5.41, 5.74) is 2.98. The molecular formula is C45H48O2S2. The number of terminal acetylenes is 1. The molecule has 0 saturated heterocycles. The van der Waals surface area contributed by atoms with Crippen molar-refractivity contribution in [2.75, 3.05) is 6.61 Å². The molecule has 0 aliphatic carbocycles. The zero-order valence-corrected chi connectivity index (χ0v) is 31.1. The molecule has 1 aromatic carbocycles. The molecule has 0 aliphatic heterocycles. The van der Waals surface area contributed by atoms with Gasteiger partial charge < -0.3 is 9.47 Å². The number of hydrogen-bond donors (Lipinski definition) is 2. The van der Waals surface area contributed by atoms with E-state index in [4.69, 9.17) is 15.9 Å². The third-order valence-electron chi connectivity index (χ3n) is 7.40. The highest BCUT2D eigenvalue weighted by molar-refractivity contribution is 7.79. The van der Waals surface area contributed by atoms with Crippen molar-refractivity contribution in [3.05, 3.63) is 22.8 Å². The summed E-state index contributed by atoms with van der Waals surface area (Å²) in [6, 6.07) is 2.04. The minimum Gasteiger partial charge on any atom is -0.489 e. The quantitative estimate of drug-likeness (QED) is 0.0764. The monoisotopic (exact) mass is 684 g/mol. The Morgan fingerprint density at radius 3 is 1.31 bits per heavy atom. The van der Waals surface area contributed by atoms with Crippen LogP contribution in [0.5, 0.6) is 11.5 Å². The number of ether oxygens (including phenoxy) is 2. The number of rotatable bonds is 21. The first-order valence-electron chi connectivity index (χ1n) is 17.3. The van der Waals surface area contributed by atoms with Gasteiger partial charge in [0.05, 0.1) is 6.61 Å². The van der Waals surface area contributed by atoms with Gasteiger partial charge in [0, 0.05) is 64.4 Å². The molecule has 252 valence electrons. The van der Waals surface area contributed by atoms with E-state index >= 15 is 0 Å². The molecule has 0 radical (unpaired) electrons. The van der Waals surface area contributed by atoms with Crippen LogP contribution >= 0.6 is 25.3 Å². The molecule has 1 rings (SSSR count). The fourth-order valence-corrected chi connectivity index (χ4v) is 5.35. The molecule has 0 spiro atoms. The van der Waals surface area contributed by atoms with Crippen LogP contribution in [0.15, 0.2) is 6.07 Å². The molecule has 0 aromatic heterocycles. The summed E-state index contributed by atoms with van der Waals surface area (Å²) in [5, 5.41) is 0. The molecule has 49 heavy (non-hydrogen) atoms. The van der Waals surface area contributed by atoms with Crippen molar-refractivity contribution in [1.29, 1.82) is 0 Å². The Morgan fingerprint density at radius 2 is 0.898 bits per heavy atom. The summed E-state index contributed by atoms with van der Waals surface area (Å²) in [7, 11) is 0. The van der Waals surface area contributed by atoms with E-state index in [9.17, 15) is 0 Å². The first-order chi connectivity index (χ1) is 24.2. The summed E-state index contributed by atoms with van der Waals surface area (Å²) in [6.45, 7) is 4.92. The Hall–Kier alpha value is -4.44. The van der Waals surface area contributed by atoms with Crippen molar-refractivity contribution >= 4 is 25.3 Å². The number of hydrogen-bond acceptors (Lipinski definition) is 4. The largest absolute Gasteiger partial charge is 0.489 e. The Morgan fingerprint density at radius 1 is 0.510 bits per heavy atom.